The molecular weight excluding hydrogens is 578 g/mol. The Kier molecular flexibility index (Phi) is 8.31. The van der Waals surface area contributed by atoms with E-state index in [0.717, 1.165) is 33.1 Å². The fraction of sp³-hybridized carbons (Fsp3) is 0.276. The molecule has 230 valence electrons. The van der Waals surface area contributed by atoms with Crippen molar-refractivity contribution in [3.05, 3.63) is 66.4 Å². The Bertz CT molecular complexity index is 1710. The molecule has 4 aromatic rings. The number of anilines is 3. The van der Waals surface area contributed by atoms with Crippen molar-refractivity contribution in [3.63, 3.8) is 0 Å². The van der Waals surface area contributed by atoms with Crippen molar-refractivity contribution in [2.45, 2.75) is 38.9 Å². The Hall–Kier alpha value is -5.31. The summed E-state index contributed by atoms with van der Waals surface area (Å²) in [5.74, 6) is -3.00. The molecule has 3 heterocycles. The number of nitrogens with zero attached hydrogens (tertiary/aromatic N) is 5. The van der Waals surface area contributed by atoms with Crippen LogP contribution in [0.5, 0.6) is 11.5 Å². The number of carbonyl (C=O) groups is 3. The second-order valence-corrected chi connectivity index (χ2v) is 10.3. The zero-order valence-electron chi connectivity index (χ0n) is 24.2. The number of pyridine rings is 1. The van der Waals surface area contributed by atoms with E-state index in [2.05, 4.69) is 20.5 Å². The highest BCUT2D eigenvalue weighted by atomic mass is 19.1. The van der Waals surface area contributed by atoms with Gasteiger partial charge >= 0.3 is 6.03 Å². The van der Waals surface area contributed by atoms with E-state index in [-0.39, 0.29) is 28.9 Å². The normalized spacial score (nSPS) is 16.2. The van der Waals surface area contributed by atoms with Crippen LogP contribution < -0.4 is 25.7 Å². The molecule has 0 saturated carbocycles. The van der Waals surface area contributed by atoms with Crippen molar-refractivity contribution in [1.29, 1.82) is 0 Å². The van der Waals surface area contributed by atoms with Crippen LogP contribution in [0.3, 0.4) is 0 Å². The van der Waals surface area contributed by atoms with Gasteiger partial charge in [0.2, 0.25) is 6.04 Å². The highest BCUT2D eigenvalue weighted by Crippen LogP contribution is 2.37. The van der Waals surface area contributed by atoms with Crippen LogP contribution in [-0.4, -0.2) is 69.9 Å². The number of halogens is 2. The number of imide groups is 1. The summed E-state index contributed by atoms with van der Waals surface area (Å²) in [7, 11) is 1.58. The lowest BCUT2D eigenvalue weighted by Gasteiger charge is -2.48. The van der Waals surface area contributed by atoms with Crippen LogP contribution in [0.1, 0.15) is 20.8 Å². The lowest BCUT2D eigenvalue weighted by molar-refractivity contribution is -0.130. The number of hydrazine groups is 1. The molecular formula is C29H30F2N8O5. The predicted molar refractivity (Wildman–Crippen MR) is 157 cm³/mol. The molecule has 1 aliphatic rings. The van der Waals surface area contributed by atoms with Gasteiger partial charge in [-0.05, 0) is 57.2 Å². The fourth-order valence-corrected chi connectivity index (χ4v) is 4.92. The van der Waals surface area contributed by atoms with Gasteiger partial charge < -0.3 is 20.5 Å². The summed E-state index contributed by atoms with van der Waals surface area (Å²) in [6.45, 7) is 5.60. The number of primary amides is 1. The van der Waals surface area contributed by atoms with Crippen LogP contribution in [0, 0.1) is 11.6 Å². The van der Waals surface area contributed by atoms with E-state index in [9.17, 15) is 18.8 Å². The van der Waals surface area contributed by atoms with E-state index in [4.69, 9.17) is 15.2 Å². The minimum Gasteiger partial charge on any atom is -0.453 e. The predicted octanol–water partition coefficient (Wildman–Crippen LogP) is 3.93. The van der Waals surface area contributed by atoms with Crippen LogP contribution >= 0.6 is 0 Å². The van der Waals surface area contributed by atoms with Gasteiger partial charge in [0.15, 0.2) is 23.0 Å². The van der Waals surface area contributed by atoms with E-state index in [1.807, 2.05) is 6.92 Å². The molecule has 4 N–H and O–H groups in total. The number of methoxy groups -OCH3 is 1. The lowest BCUT2D eigenvalue weighted by atomic mass is 10.1. The highest BCUT2D eigenvalue weighted by molar-refractivity contribution is 6.25. The molecule has 44 heavy (non-hydrogen) atoms. The Morgan fingerprint density at radius 1 is 1.07 bits per heavy atom. The van der Waals surface area contributed by atoms with Crippen molar-refractivity contribution in [2.24, 2.45) is 5.73 Å². The highest BCUT2D eigenvalue weighted by Gasteiger charge is 2.49. The largest absolute Gasteiger partial charge is 0.453 e. The Morgan fingerprint density at radius 2 is 1.77 bits per heavy atom. The number of nitrogens with one attached hydrogen (secondary N) is 2. The van der Waals surface area contributed by atoms with Crippen LogP contribution in [0.15, 0.2) is 54.7 Å². The maximum atomic E-state index is 15.7. The standard InChI is InChI=1S/C29H30F2N8O5/c1-15(2)38-29(42)37(18-7-5-17(30)6-8-18)28(41)24(25(32)40)39(38)19-9-10-21(20(31)13-19)44-22-11-12-33-26-23(22)27(36-35-26)34-16(3)14-43-4/h5-13,15-16,24H,14H2,1-4H3,(H2,32,40)(H2,33,34,35,36)/t16?,24-/m1/s1. The van der Waals surface area contributed by atoms with E-state index < -0.39 is 41.6 Å². The number of fused-ring (bicyclic) bond motifs is 1. The van der Waals surface area contributed by atoms with Crippen molar-refractivity contribution in [3.8, 4) is 11.5 Å². The minimum atomic E-state index is -1.72. The molecule has 2 atom stereocenters. The van der Waals surface area contributed by atoms with Gasteiger partial charge in [0.05, 0.1) is 18.0 Å². The smallest absolute Gasteiger partial charge is 0.350 e. The van der Waals surface area contributed by atoms with Crippen LogP contribution in [0.2, 0.25) is 0 Å². The third-order valence-corrected chi connectivity index (χ3v) is 6.78. The maximum absolute atomic E-state index is 15.7. The molecule has 2 aromatic carbocycles. The van der Waals surface area contributed by atoms with Crippen LogP contribution in [0.4, 0.5) is 30.8 Å². The Morgan fingerprint density at radius 3 is 2.41 bits per heavy atom. The van der Waals surface area contributed by atoms with E-state index in [0.29, 0.717) is 23.5 Å². The van der Waals surface area contributed by atoms with E-state index >= 15 is 4.39 Å². The Labute approximate surface area is 250 Å². The summed E-state index contributed by atoms with van der Waals surface area (Å²) in [6, 6.07) is 6.62. The number of aromatic amines is 1. The van der Waals surface area contributed by atoms with Crippen molar-refractivity contribution < 1.29 is 32.6 Å². The molecule has 5 rings (SSSR count). The number of H-pyrrole nitrogens is 1. The molecule has 0 spiro atoms. The first-order valence-electron chi connectivity index (χ1n) is 13.6. The average molecular weight is 609 g/mol. The topological polar surface area (TPSA) is 159 Å². The van der Waals surface area contributed by atoms with Gasteiger partial charge in [0.1, 0.15) is 17.0 Å². The number of urea groups is 1. The van der Waals surface area contributed by atoms with Crippen molar-refractivity contribution in [1.82, 2.24) is 20.2 Å². The molecule has 4 amide bonds. The molecule has 0 aliphatic carbocycles. The van der Waals surface area contributed by atoms with Crippen molar-refractivity contribution >= 4 is 46.1 Å². The maximum Gasteiger partial charge on any atom is 0.350 e. The number of hydrogen-bond acceptors (Lipinski definition) is 9. The average Bonchev–Trinajstić information content (AvgIpc) is 3.37. The SMILES string of the molecule is COCC(C)Nc1n[nH]c2nccc(Oc3ccc(N4[C@H](C(N)=O)C(=O)N(c5ccc(F)cc5)C(=O)N4C(C)C)cc3F)c12. The van der Waals surface area contributed by atoms with Gasteiger partial charge in [-0.2, -0.15) is 5.10 Å². The third-order valence-electron chi connectivity index (χ3n) is 6.78. The molecule has 1 fully saturated rings. The number of amides is 4. The van der Waals surface area contributed by atoms with Gasteiger partial charge in [-0.3, -0.25) is 19.7 Å². The number of hydrogen-bond donors (Lipinski definition) is 3. The summed E-state index contributed by atoms with van der Waals surface area (Å²) in [6.07, 6.45) is 1.47. The second-order valence-electron chi connectivity index (χ2n) is 10.3. The third kappa shape index (κ3) is 5.56. The lowest BCUT2D eigenvalue weighted by Crippen LogP contribution is -2.72. The summed E-state index contributed by atoms with van der Waals surface area (Å²) in [5, 5.41) is 12.9. The molecule has 0 bridgehead atoms. The first kappa shape index (κ1) is 30.2. The molecule has 1 unspecified atom stereocenters. The molecule has 2 aromatic heterocycles. The first-order valence-corrected chi connectivity index (χ1v) is 13.6. The quantitative estimate of drug-likeness (QED) is 0.227. The molecule has 1 saturated heterocycles. The monoisotopic (exact) mass is 608 g/mol. The number of carbonyl (C=O) groups excluding carboxylic acids is 3. The second kappa shape index (κ2) is 12.1. The summed E-state index contributed by atoms with van der Waals surface area (Å²) in [4.78, 5) is 44.9. The molecule has 1 aliphatic heterocycles. The molecule has 13 nitrogen and oxygen atoms in total. The van der Waals surface area contributed by atoms with Gasteiger partial charge in [-0.15, -0.1) is 0 Å². The van der Waals surface area contributed by atoms with Crippen LogP contribution in [0.25, 0.3) is 11.0 Å². The summed E-state index contributed by atoms with van der Waals surface area (Å²) < 4.78 is 40.4. The van der Waals surface area contributed by atoms with Crippen LogP contribution in [-0.2, 0) is 14.3 Å². The zero-order chi connectivity index (χ0) is 31.7. The molecule has 0 radical (unpaired) electrons. The minimum absolute atomic E-state index is 0.00765. The summed E-state index contributed by atoms with van der Waals surface area (Å²) in [5.41, 5.74) is 6.10. The first-order chi connectivity index (χ1) is 21.0. The van der Waals surface area contributed by atoms with Gasteiger partial charge in [-0.25, -0.2) is 28.5 Å². The van der Waals surface area contributed by atoms with Gasteiger partial charge in [0, 0.05) is 37.5 Å². The number of benzene rings is 2. The number of nitrogens with two attached hydrogens (primary N) is 1. The summed E-state index contributed by atoms with van der Waals surface area (Å²) >= 11 is 0. The van der Waals surface area contributed by atoms with Gasteiger partial charge in [0.25, 0.3) is 11.8 Å². The number of aromatic nitrogens is 3. The van der Waals surface area contributed by atoms with E-state index in [1.54, 1.807) is 27.0 Å². The fourth-order valence-electron chi connectivity index (χ4n) is 4.92. The van der Waals surface area contributed by atoms with Gasteiger partial charge in [-0.1, -0.05) is 0 Å². The van der Waals surface area contributed by atoms with E-state index in [1.165, 1.54) is 30.5 Å². The zero-order valence-corrected chi connectivity index (χ0v) is 24.2. The number of rotatable bonds is 10. The van der Waals surface area contributed by atoms with Crippen molar-refractivity contribution in [2.75, 3.05) is 28.9 Å². The number of ether oxygens (including phenoxy) is 2. The molecule has 15 heteroatoms. The Balaban J connectivity index is 1.50.